The fraction of sp³-hybridized carbons (Fsp3) is 0.500. The van der Waals surface area contributed by atoms with E-state index in [2.05, 4.69) is 10.4 Å². The van der Waals surface area contributed by atoms with Crippen molar-refractivity contribution in [3.8, 4) is 0 Å². The molecule has 0 aliphatic carbocycles. The summed E-state index contributed by atoms with van der Waals surface area (Å²) in [6.45, 7) is 3.50. The van der Waals surface area contributed by atoms with Gasteiger partial charge in [-0.2, -0.15) is 0 Å². The Hall–Kier alpha value is -3.10. The monoisotopic (exact) mass is 398 g/mol. The number of piperidine rings is 1. The third-order valence-corrected chi connectivity index (χ3v) is 5.52. The van der Waals surface area contributed by atoms with Gasteiger partial charge in [0.2, 0.25) is 5.84 Å². The highest BCUT2D eigenvalue weighted by Gasteiger charge is 2.32. The van der Waals surface area contributed by atoms with Crippen molar-refractivity contribution in [1.82, 2.24) is 20.1 Å². The zero-order valence-corrected chi connectivity index (χ0v) is 16.4. The first-order valence-electron chi connectivity index (χ1n) is 10.2. The Kier molecular flexibility index (Phi) is 5.64. The van der Waals surface area contributed by atoms with Crippen molar-refractivity contribution in [2.24, 2.45) is 4.99 Å². The Bertz CT molecular complexity index is 798. The summed E-state index contributed by atoms with van der Waals surface area (Å²) in [5.41, 5.74) is 3.52. The molecule has 2 saturated heterocycles. The molecule has 1 aromatic carbocycles. The van der Waals surface area contributed by atoms with Gasteiger partial charge in [0.1, 0.15) is 6.54 Å². The van der Waals surface area contributed by atoms with Gasteiger partial charge in [0.05, 0.1) is 5.69 Å². The third-order valence-electron chi connectivity index (χ3n) is 5.52. The Balaban J connectivity index is 1.34. The number of carbonyl (C=O) groups is 3. The van der Waals surface area contributed by atoms with Crippen molar-refractivity contribution in [2.75, 3.05) is 50.8 Å². The fourth-order valence-electron chi connectivity index (χ4n) is 3.86. The SMILES string of the molecule is O=C(C1=NCC(=O)N(c2ccccc2)N1)N1CCN(C(=O)N2CCCCC2)CC1. The number of aliphatic imine (C=N–C) groups is 1. The minimum absolute atomic E-state index is 0.0730. The molecule has 3 aliphatic rings. The van der Waals surface area contributed by atoms with Crippen molar-refractivity contribution in [1.29, 1.82) is 0 Å². The first kappa shape index (κ1) is 19.2. The van der Waals surface area contributed by atoms with Crippen molar-refractivity contribution >= 4 is 29.4 Å². The standard InChI is InChI=1S/C20H26N6O3/c27-17-15-21-18(22-26(17)16-7-3-1-4-8-16)19(28)23-11-13-25(14-12-23)20(29)24-9-5-2-6-10-24/h1,3-4,7-8H,2,5-6,9-15H2,(H,21,22). The van der Waals surface area contributed by atoms with Gasteiger partial charge in [0, 0.05) is 39.3 Å². The van der Waals surface area contributed by atoms with E-state index in [1.807, 2.05) is 28.0 Å². The second-order valence-electron chi connectivity index (χ2n) is 7.45. The van der Waals surface area contributed by atoms with E-state index in [9.17, 15) is 14.4 Å². The van der Waals surface area contributed by atoms with Gasteiger partial charge in [0.15, 0.2) is 0 Å². The summed E-state index contributed by atoms with van der Waals surface area (Å²) < 4.78 is 0. The van der Waals surface area contributed by atoms with Gasteiger partial charge in [-0.3, -0.25) is 20.0 Å². The zero-order valence-electron chi connectivity index (χ0n) is 16.4. The minimum atomic E-state index is -0.247. The van der Waals surface area contributed by atoms with E-state index >= 15 is 0 Å². The molecule has 4 rings (SSSR count). The number of nitrogens with zero attached hydrogens (tertiary/aromatic N) is 5. The molecule has 0 spiro atoms. The Morgan fingerprint density at radius 3 is 2.14 bits per heavy atom. The molecule has 29 heavy (non-hydrogen) atoms. The molecule has 0 saturated carbocycles. The Labute approximate surface area is 169 Å². The van der Waals surface area contributed by atoms with Gasteiger partial charge in [0.25, 0.3) is 11.8 Å². The van der Waals surface area contributed by atoms with Crippen molar-refractivity contribution in [2.45, 2.75) is 19.3 Å². The van der Waals surface area contributed by atoms with E-state index in [-0.39, 0.29) is 30.2 Å². The molecule has 3 aliphatic heterocycles. The number of amides is 4. The maximum absolute atomic E-state index is 12.9. The minimum Gasteiger partial charge on any atom is -0.332 e. The predicted octanol–water partition coefficient (Wildman–Crippen LogP) is 0.686. The highest BCUT2D eigenvalue weighted by Crippen LogP contribution is 2.15. The molecule has 3 heterocycles. The number of likely N-dealkylation sites (tertiary alicyclic amines) is 1. The van der Waals surface area contributed by atoms with E-state index in [0.717, 1.165) is 25.9 Å². The van der Waals surface area contributed by atoms with E-state index in [1.165, 1.54) is 11.4 Å². The highest BCUT2D eigenvalue weighted by molar-refractivity contribution is 6.39. The van der Waals surface area contributed by atoms with Gasteiger partial charge in [-0.15, -0.1) is 0 Å². The van der Waals surface area contributed by atoms with Crippen LogP contribution in [0.5, 0.6) is 0 Å². The molecular weight excluding hydrogens is 372 g/mol. The van der Waals surface area contributed by atoms with Crippen LogP contribution in [0.15, 0.2) is 35.3 Å². The topological polar surface area (TPSA) is 88.6 Å². The van der Waals surface area contributed by atoms with Crippen LogP contribution in [0.1, 0.15) is 19.3 Å². The molecule has 1 N–H and O–H groups in total. The van der Waals surface area contributed by atoms with Crippen LogP contribution in [0.25, 0.3) is 0 Å². The third kappa shape index (κ3) is 4.18. The van der Waals surface area contributed by atoms with Crippen molar-refractivity contribution in [3.05, 3.63) is 30.3 Å². The summed E-state index contributed by atoms with van der Waals surface area (Å²) in [6.07, 6.45) is 3.31. The van der Waals surface area contributed by atoms with Crippen LogP contribution in [-0.4, -0.2) is 84.2 Å². The number of amidine groups is 1. The Morgan fingerprint density at radius 1 is 0.828 bits per heavy atom. The van der Waals surface area contributed by atoms with Crippen molar-refractivity contribution < 1.29 is 14.4 Å². The van der Waals surface area contributed by atoms with Crippen LogP contribution in [-0.2, 0) is 9.59 Å². The molecule has 2 fully saturated rings. The van der Waals surface area contributed by atoms with Crippen molar-refractivity contribution in [3.63, 3.8) is 0 Å². The van der Waals surface area contributed by atoms with Gasteiger partial charge in [-0.1, -0.05) is 18.2 Å². The number of carbonyl (C=O) groups excluding carboxylic acids is 3. The molecule has 4 amide bonds. The van der Waals surface area contributed by atoms with Crippen LogP contribution in [0.3, 0.4) is 0 Å². The zero-order chi connectivity index (χ0) is 20.2. The predicted molar refractivity (Wildman–Crippen MR) is 108 cm³/mol. The summed E-state index contributed by atoms with van der Waals surface area (Å²) in [5, 5.41) is 1.36. The molecule has 0 aromatic heterocycles. The lowest BCUT2D eigenvalue weighted by Gasteiger charge is -2.39. The highest BCUT2D eigenvalue weighted by atomic mass is 16.2. The first-order valence-corrected chi connectivity index (χ1v) is 10.2. The van der Waals surface area contributed by atoms with E-state index in [4.69, 9.17) is 0 Å². The number of para-hydroxylation sites is 1. The summed E-state index contributed by atoms with van der Waals surface area (Å²) in [7, 11) is 0. The largest absolute Gasteiger partial charge is 0.332 e. The van der Waals surface area contributed by atoms with Gasteiger partial charge in [-0.25, -0.2) is 9.80 Å². The number of hydrogen-bond donors (Lipinski definition) is 1. The average Bonchev–Trinajstić information content (AvgIpc) is 2.80. The summed E-state index contributed by atoms with van der Waals surface area (Å²) in [6, 6.07) is 9.19. The van der Waals surface area contributed by atoms with Crippen LogP contribution >= 0.6 is 0 Å². The molecule has 0 unspecified atom stereocenters. The molecule has 0 radical (unpaired) electrons. The number of rotatable bonds is 2. The smallest absolute Gasteiger partial charge is 0.320 e. The van der Waals surface area contributed by atoms with Gasteiger partial charge in [-0.05, 0) is 31.4 Å². The molecule has 9 heteroatoms. The average molecular weight is 398 g/mol. The number of anilines is 1. The quantitative estimate of drug-likeness (QED) is 0.794. The lowest BCUT2D eigenvalue weighted by atomic mass is 10.1. The second kappa shape index (κ2) is 8.50. The fourth-order valence-corrected chi connectivity index (χ4v) is 3.86. The van der Waals surface area contributed by atoms with E-state index in [0.29, 0.717) is 31.9 Å². The van der Waals surface area contributed by atoms with Crippen LogP contribution in [0.4, 0.5) is 10.5 Å². The molecule has 0 atom stereocenters. The van der Waals surface area contributed by atoms with Gasteiger partial charge >= 0.3 is 6.03 Å². The van der Waals surface area contributed by atoms with E-state index in [1.54, 1.807) is 17.0 Å². The lowest BCUT2D eigenvalue weighted by Crippen LogP contribution is -2.60. The summed E-state index contributed by atoms with van der Waals surface area (Å²) >= 11 is 0. The maximum atomic E-state index is 12.9. The van der Waals surface area contributed by atoms with Crippen LogP contribution in [0, 0.1) is 0 Å². The first-order chi connectivity index (χ1) is 14.1. The van der Waals surface area contributed by atoms with E-state index < -0.39 is 0 Å². The van der Waals surface area contributed by atoms with Crippen LogP contribution in [0.2, 0.25) is 0 Å². The number of hydrazine groups is 1. The molecular formula is C20H26N6O3. The molecule has 154 valence electrons. The number of benzene rings is 1. The number of piperazine rings is 1. The van der Waals surface area contributed by atoms with Crippen LogP contribution < -0.4 is 10.4 Å². The normalized spacial score (nSPS) is 20.3. The number of hydrogen-bond acceptors (Lipinski definition) is 5. The maximum Gasteiger partial charge on any atom is 0.320 e. The number of urea groups is 1. The summed E-state index contributed by atoms with van der Waals surface area (Å²) in [5.74, 6) is -0.308. The second-order valence-corrected chi connectivity index (χ2v) is 7.45. The lowest BCUT2D eigenvalue weighted by molar-refractivity contribution is -0.125. The molecule has 9 nitrogen and oxygen atoms in total. The summed E-state index contributed by atoms with van der Waals surface area (Å²) in [4.78, 5) is 47.3. The molecule has 0 bridgehead atoms. The number of nitrogens with one attached hydrogen (secondary N) is 1. The Morgan fingerprint density at radius 2 is 1.45 bits per heavy atom. The molecule has 1 aromatic rings. The van der Waals surface area contributed by atoms with Gasteiger partial charge < -0.3 is 14.7 Å².